The number of ether oxygens (including phenoxy) is 10. The number of benzene rings is 6. The minimum Gasteiger partial charge on any atom is -0.497 e. The fraction of sp³-hybridized carbons (Fsp3) is 0.364. The van der Waals surface area contributed by atoms with E-state index in [4.69, 9.17) is 52.6 Å². The summed E-state index contributed by atoms with van der Waals surface area (Å²) in [6.45, 7) is 15.3. The van der Waals surface area contributed by atoms with E-state index in [1.807, 2.05) is 18.2 Å². The lowest BCUT2D eigenvalue weighted by atomic mass is 9.77. The van der Waals surface area contributed by atoms with Crippen LogP contribution in [-0.4, -0.2) is 82.6 Å². The van der Waals surface area contributed by atoms with Crippen LogP contribution in [0.4, 0.5) is 0 Å². The third kappa shape index (κ3) is 30.0. The van der Waals surface area contributed by atoms with Crippen LogP contribution < -0.4 is 33.2 Å². The molecule has 0 spiro atoms. The molecule has 17 nitrogen and oxygen atoms in total. The first-order chi connectivity index (χ1) is 45.8. The van der Waals surface area contributed by atoms with Gasteiger partial charge in [-0.1, -0.05) is 51.6 Å². The van der Waals surface area contributed by atoms with E-state index in [-0.39, 0.29) is 17.9 Å². The number of carbonyl (C=O) groups excluding carboxylic acids is 6. The first kappa shape index (κ1) is 74.8. The molecule has 7 rings (SSSR count). The molecule has 0 N–H and O–H groups in total. The lowest BCUT2D eigenvalue weighted by molar-refractivity contribution is -0.138. The second-order valence-electron chi connectivity index (χ2n) is 22.0. The second kappa shape index (κ2) is 44.5. The molecular weight excluding hydrogens is 1190 g/mol. The zero-order valence-electron chi connectivity index (χ0n) is 54.3. The Morgan fingerprint density at radius 2 is 0.702 bits per heavy atom. The Kier molecular flexibility index (Phi) is 35.4. The molecule has 0 atom stereocenters. The van der Waals surface area contributed by atoms with Crippen molar-refractivity contribution in [2.24, 2.45) is 5.92 Å². The summed E-state index contributed by atoms with van der Waals surface area (Å²) >= 11 is 0. The van der Waals surface area contributed by atoms with Crippen LogP contribution in [0.5, 0.6) is 40.2 Å². The summed E-state index contributed by atoms with van der Waals surface area (Å²) in [5, 5.41) is 8.78. The summed E-state index contributed by atoms with van der Waals surface area (Å²) in [6.07, 6.45) is 22.3. The third-order valence-corrected chi connectivity index (χ3v) is 15.0. The number of rotatable bonds is 37. The molecule has 6 aromatic rings. The van der Waals surface area contributed by atoms with Gasteiger partial charge >= 0.3 is 35.8 Å². The van der Waals surface area contributed by atoms with E-state index in [9.17, 15) is 28.8 Å². The molecule has 0 bridgehead atoms. The van der Waals surface area contributed by atoms with Gasteiger partial charge in [-0.25, -0.2) is 28.8 Å². The lowest BCUT2D eigenvalue weighted by Crippen LogP contribution is -2.13. The molecule has 1 fully saturated rings. The van der Waals surface area contributed by atoms with Crippen molar-refractivity contribution in [2.45, 2.75) is 128 Å². The number of unbranched alkanes of at least 4 members (excludes halogenated alkanes) is 9. The normalized spacial score (nSPS) is 12.8. The van der Waals surface area contributed by atoms with Crippen molar-refractivity contribution in [3.63, 3.8) is 0 Å². The zero-order chi connectivity index (χ0) is 67.4. The Morgan fingerprint density at radius 3 is 1.01 bits per heavy atom. The van der Waals surface area contributed by atoms with Crippen molar-refractivity contribution >= 4 is 35.8 Å². The van der Waals surface area contributed by atoms with Crippen LogP contribution >= 0.6 is 0 Å². The van der Waals surface area contributed by atoms with Crippen LogP contribution in [0.15, 0.2) is 184 Å². The fourth-order valence-electron chi connectivity index (χ4n) is 9.74. The summed E-state index contributed by atoms with van der Waals surface area (Å²) < 4.78 is 53.2. The van der Waals surface area contributed by atoms with E-state index in [2.05, 4.69) is 38.8 Å². The Morgan fingerprint density at radius 1 is 0.404 bits per heavy atom. The molecule has 0 aromatic heterocycles. The molecule has 1 aliphatic carbocycles. The van der Waals surface area contributed by atoms with E-state index in [1.165, 1.54) is 50.2 Å². The maximum absolute atomic E-state index is 12.6. The number of methoxy groups -OCH3 is 1. The van der Waals surface area contributed by atoms with Gasteiger partial charge in [-0.2, -0.15) is 5.26 Å². The average molecular weight is 1280 g/mol. The number of nitriles is 1. The van der Waals surface area contributed by atoms with E-state index in [1.54, 1.807) is 128 Å². The average Bonchev–Trinajstić information content (AvgIpc) is 1.34. The van der Waals surface area contributed by atoms with Crippen molar-refractivity contribution in [1.82, 2.24) is 0 Å². The number of hydrogen-bond acceptors (Lipinski definition) is 17. The molecular formula is C77H89NO16. The smallest absolute Gasteiger partial charge is 0.343 e. The highest BCUT2D eigenvalue weighted by Gasteiger charge is 2.22. The molecule has 1 aliphatic rings. The van der Waals surface area contributed by atoms with Gasteiger partial charge in [-0.3, -0.25) is 0 Å². The maximum atomic E-state index is 12.6. The highest BCUT2D eigenvalue weighted by molar-refractivity contribution is 5.92. The summed E-state index contributed by atoms with van der Waals surface area (Å²) in [6, 6.07) is 43.9. The minimum absolute atomic E-state index is 0.369. The van der Waals surface area contributed by atoms with Crippen LogP contribution in [-0.2, 0) is 28.6 Å². The summed E-state index contributed by atoms with van der Waals surface area (Å²) in [4.78, 5) is 69.7. The molecule has 6 aromatic carbocycles. The van der Waals surface area contributed by atoms with Crippen molar-refractivity contribution < 1.29 is 76.1 Å². The molecule has 1 saturated carbocycles. The number of hydrogen-bond donors (Lipinski definition) is 0. The highest BCUT2D eigenvalue weighted by atomic mass is 16.6. The first-order valence-electron chi connectivity index (χ1n) is 32.3. The molecule has 0 unspecified atom stereocenters. The Labute approximate surface area is 553 Å². The number of carbonyl (C=O) groups is 6. The second-order valence-corrected chi connectivity index (χ2v) is 22.0. The minimum atomic E-state index is -0.474. The molecule has 0 aliphatic heterocycles. The van der Waals surface area contributed by atoms with Gasteiger partial charge in [0.05, 0.1) is 75.1 Å². The summed E-state index contributed by atoms with van der Waals surface area (Å²) in [7, 11) is 1.58. The van der Waals surface area contributed by atoms with E-state index in [0.717, 1.165) is 101 Å². The quantitative estimate of drug-likeness (QED) is 0.0116. The van der Waals surface area contributed by atoms with Gasteiger partial charge in [0.1, 0.15) is 40.2 Å². The van der Waals surface area contributed by atoms with Crippen molar-refractivity contribution in [3.8, 4) is 46.3 Å². The third-order valence-electron chi connectivity index (χ3n) is 15.0. The van der Waals surface area contributed by atoms with Gasteiger partial charge in [-0.05, 0) is 254 Å². The van der Waals surface area contributed by atoms with Gasteiger partial charge in [0.2, 0.25) is 0 Å². The maximum Gasteiger partial charge on any atom is 0.343 e. The molecule has 94 heavy (non-hydrogen) atoms. The van der Waals surface area contributed by atoms with Crippen molar-refractivity contribution in [3.05, 3.63) is 211 Å². The molecule has 0 saturated heterocycles. The molecule has 17 heteroatoms. The van der Waals surface area contributed by atoms with Gasteiger partial charge in [0, 0.05) is 18.2 Å². The topological polar surface area (TPSA) is 219 Å². The molecule has 0 radical (unpaired) electrons. The molecule has 498 valence electrons. The SMILES string of the molecule is C=CC(=O)OCCCCCCOc1ccc(C(=O)Oc2ccc(C#N)cc2)cc1.C=CC(=O)OCCCCCCOc1ccc(C(=O)Oc2ccc(C3CCC(CCC)CC3)cc2)cc1.C=CC(=O)OCCCCCCOc1ccc(C(=O)Oc2ccc(OC)cc2)cc1. The van der Waals surface area contributed by atoms with Crippen LogP contribution in [0.25, 0.3) is 0 Å². The van der Waals surface area contributed by atoms with Crippen molar-refractivity contribution in [2.75, 3.05) is 46.8 Å². The Balaban J connectivity index is 0.000000258. The van der Waals surface area contributed by atoms with Crippen LogP contribution in [0.1, 0.15) is 171 Å². The zero-order valence-corrected chi connectivity index (χ0v) is 54.3. The Hall–Kier alpha value is -9.95. The fourth-order valence-corrected chi connectivity index (χ4v) is 9.74. The monoisotopic (exact) mass is 1280 g/mol. The number of esters is 6. The van der Waals surface area contributed by atoms with E-state index >= 15 is 0 Å². The van der Waals surface area contributed by atoms with E-state index in [0.29, 0.717) is 102 Å². The predicted octanol–water partition coefficient (Wildman–Crippen LogP) is 16.7. The van der Waals surface area contributed by atoms with Gasteiger partial charge in [0.25, 0.3) is 0 Å². The lowest BCUT2D eigenvalue weighted by Gasteiger charge is -2.28. The Bertz CT molecular complexity index is 3270. The van der Waals surface area contributed by atoms with Gasteiger partial charge < -0.3 is 47.4 Å². The standard InChI is InChI=1S/C31H40O5.C23H23NO5.C23H26O6/c1-3-9-24-10-12-25(13-11-24)26-14-20-29(21-15-26)36-31(33)27-16-18-28(19-17-27)34-22-7-5-6-8-23-35-30(32)4-2;1-2-22(25)28-16-6-4-3-5-15-27-20-13-9-19(10-14-20)23(26)29-21-11-7-18(17-24)8-12-21;1-3-22(24)28-17-7-5-4-6-16-27-20-10-8-18(9-11-20)23(25)29-21-14-12-19(26-2)13-15-21/h4,14-21,24-25H,2-3,5-13,22-23H2,1H3;2,7-14H,1,3-6,15-16H2;3,8-15H,1,4-7,16-17H2,2H3. The van der Waals surface area contributed by atoms with Crippen LogP contribution in [0.2, 0.25) is 0 Å². The predicted molar refractivity (Wildman–Crippen MR) is 360 cm³/mol. The van der Waals surface area contributed by atoms with Crippen molar-refractivity contribution in [1.29, 1.82) is 5.26 Å². The summed E-state index contributed by atoms with van der Waals surface area (Å²) in [5.41, 5.74) is 3.21. The van der Waals surface area contributed by atoms with Gasteiger partial charge in [0.15, 0.2) is 0 Å². The molecule has 0 heterocycles. The summed E-state index contributed by atoms with van der Waals surface area (Å²) in [5.74, 6) is 3.31. The van der Waals surface area contributed by atoms with Gasteiger partial charge in [-0.15, -0.1) is 0 Å². The van der Waals surface area contributed by atoms with Crippen LogP contribution in [0, 0.1) is 17.2 Å². The largest absolute Gasteiger partial charge is 0.497 e. The number of nitrogens with zero attached hydrogens (tertiary/aromatic N) is 1. The van der Waals surface area contributed by atoms with E-state index < -0.39 is 17.9 Å². The highest BCUT2D eigenvalue weighted by Crippen LogP contribution is 2.38. The first-order valence-corrected chi connectivity index (χ1v) is 32.3. The van der Waals surface area contributed by atoms with Crippen LogP contribution in [0.3, 0.4) is 0 Å². The molecule has 0 amide bonds.